The summed E-state index contributed by atoms with van der Waals surface area (Å²) in [5.74, 6) is -0.446. The van der Waals surface area contributed by atoms with Gasteiger partial charge in [-0.2, -0.15) is 0 Å². The fourth-order valence-corrected chi connectivity index (χ4v) is 2.47. The van der Waals surface area contributed by atoms with E-state index in [1.165, 1.54) is 11.0 Å². The third-order valence-corrected chi connectivity index (χ3v) is 3.74. The number of rotatable bonds is 5. The SMILES string of the molecule is C=CCOC(=O)c1ccc(NC2CCN(C(=O)O)CC2)c(N)c1. The quantitative estimate of drug-likeness (QED) is 0.436. The van der Waals surface area contributed by atoms with Gasteiger partial charge in [0.25, 0.3) is 0 Å². The van der Waals surface area contributed by atoms with Crippen molar-refractivity contribution in [3.8, 4) is 0 Å². The molecular formula is C16H21N3O4. The summed E-state index contributed by atoms with van der Waals surface area (Å²) in [7, 11) is 0. The van der Waals surface area contributed by atoms with Crippen molar-refractivity contribution >= 4 is 23.4 Å². The highest BCUT2D eigenvalue weighted by Crippen LogP contribution is 2.24. The largest absolute Gasteiger partial charge is 0.465 e. The van der Waals surface area contributed by atoms with Crippen LogP contribution in [0, 0.1) is 0 Å². The molecule has 23 heavy (non-hydrogen) atoms. The molecule has 4 N–H and O–H groups in total. The number of hydrogen-bond acceptors (Lipinski definition) is 5. The summed E-state index contributed by atoms with van der Waals surface area (Å²) in [5, 5.41) is 12.2. The summed E-state index contributed by atoms with van der Waals surface area (Å²) in [4.78, 5) is 24.0. The van der Waals surface area contributed by atoms with E-state index < -0.39 is 12.1 Å². The molecule has 7 heteroatoms. The molecule has 1 aliphatic heterocycles. The number of carboxylic acid groups (broad SMARTS) is 1. The monoisotopic (exact) mass is 319 g/mol. The molecule has 1 fully saturated rings. The van der Waals surface area contributed by atoms with Crippen molar-refractivity contribution in [1.82, 2.24) is 4.90 Å². The fourth-order valence-electron chi connectivity index (χ4n) is 2.47. The molecule has 1 saturated heterocycles. The smallest absolute Gasteiger partial charge is 0.407 e. The minimum Gasteiger partial charge on any atom is -0.465 e. The van der Waals surface area contributed by atoms with Crippen LogP contribution in [-0.4, -0.2) is 47.8 Å². The number of nitrogens with zero attached hydrogens (tertiary/aromatic N) is 1. The summed E-state index contributed by atoms with van der Waals surface area (Å²) in [5.41, 5.74) is 7.56. The molecule has 1 aromatic rings. The van der Waals surface area contributed by atoms with Gasteiger partial charge in [0.1, 0.15) is 6.61 Å². The molecule has 0 aromatic heterocycles. The van der Waals surface area contributed by atoms with Gasteiger partial charge < -0.3 is 25.8 Å². The summed E-state index contributed by atoms with van der Waals surface area (Å²) in [6, 6.07) is 5.12. The van der Waals surface area contributed by atoms with Crippen LogP contribution in [0.3, 0.4) is 0 Å². The number of carbonyl (C=O) groups is 2. The maximum atomic E-state index is 11.7. The standard InChI is InChI=1S/C16H21N3O4/c1-2-9-23-15(20)11-3-4-14(13(17)10-11)18-12-5-7-19(8-6-12)16(21)22/h2-4,10,12,18H,1,5-9,17H2,(H,21,22). The molecule has 0 radical (unpaired) electrons. The van der Waals surface area contributed by atoms with Gasteiger partial charge in [0.05, 0.1) is 16.9 Å². The van der Waals surface area contributed by atoms with E-state index >= 15 is 0 Å². The van der Waals surface area contributed by atoms with E-state index in [2.05, 4.69) is 11.9 Å². The highest BCUT2D eigenvalue weighted by molar-refractivity contribution is 5.92. The van der Waals surface area contributed by atoms with E-state index in [1.807, 2.05) is 0 Å². The summed E-state index contributed by atoms with van der Waals surface area (Å²) in [6.45, 7) is 4.64. The number of likely N-dealkylation sites (tertiary alicyclic amines) is 1. The van der Waals surface area contributed by atoms with Crippen molar-refractivity contribution in [2.24, 2.45) is 0 Å². The lowest BCUT2D eigenvalue weighted by molar-refractivity contribution is 0.0549. The second-order valence-electron chi connectivity index (χ2n) is 5.38. The summed E-state index contributed by atoms with van der Waals surface area (Å²) in [6.07, 6.45) is 2.05. The third kappa shape index (κ3) is 4.38. The molecule has 0 spiro atoms. The Kier molecular flexibility index (Phi) is 5.46. The first-order valence-electron chi connectivity index (χ1n) is 7.43. The number of nitrogen functional groups attached to an aromatic ring is 1. The first kappa shape index (κ1) is 16.7. The van der Waals surface area contributed by atoms with Gasteiger partial charge in [-0.3, -0.25) is 0 Å². The number of nitrogens with one attached hydrogen (secondary N) is 1. The molecule has 1 aliphatic rings. The van der Waals surface area contributed by atoms with Gasteiger partial charge >= 0.3 is 12.1 Å². The van der Waals surface area contributed by atoms with Crippen molar-refractivity contribution in [2.75, 3.05) is 30.7 Å². The maximum absolute atomic E-state index is 11.7. The molecule has 0 atom stereocenters. The molecule has 0 unspecified atom stereocenters. The Hall–Kier alpha value is -2.70. The fraction of sp³-hybridized carbons (Fsp3) is 0.375. The van der Waals surface area contributed by atoms with E-state index in [0.717, 1.165) is 18.5 Å². The van der Waals surface area contributed by atoms with Crippen molar-refractivity contribution in [2.45, 2.75) is 18.9 Å². The highest BCUT2D eigenvalue weighted by Gasteiger charge is 2.22. The zero-order valence-corrected chi connectivity index (χ0v) is 12.8. The van der Waals surface area contributed by atoms with Crippen LogP contribution in [0.15, 0.2) is 30.9 Å². The molecule has 1 amide bonds. The Morgan fingerprint density at radius 2 is 2.13 bits per heavy atom. The van der Waals surface area contributed by atoms with Crippen LogP contribution in [-0.2, 0) is 4.74 Å². The van der Waals surface area contributed by atoms with E-state index in [-0.39, 0.29) is 12.6 Å². The number of nitrogens with two attached hydrogens (primary N) is 1. The molecule has 1 heterocycles. The van der Waals surface area contributed by atoms with Crippen LogP contribution in [0.1, 0.15) is 23.2 Å². The van der Waals surface area contributed by atoms with Gasteiger partial charge in [0.15, 0.2) is 0 Å². The molecule has 1 aromatic carbocycles. The predicted molar refractivity (Wildman–Crippen MR) is 87.6 cm³/mol. The molecular weight excluding hydrogens is 298 g/mol. The Bertz CT molecular complexity index is 595. The van der Waals surface area contributed by atoms with Crippen LogP contribution < -0.4 is 11.1 Å². The highest BCUT2D eigenvalue weighted by atomic mass is 16.5. The predicted octanol–water partition coefficient (Wildman–Crippen LogP) is 2.17. The lowest BCUT2D eigenvalue weighted by atomic mass is 10.0. The van der Waals surface area contributed by atoms with Gasteiger partial charge in [-0.15, -0.1) is 0 Å². The number of ether oxygens (including phenoxy) is 1. The number of anilines is 2. The van der Waals surface area contributed by atoms with E-state index in [0.29, 0.717) is 24.3 Å². The zero-order valence-electron chi connectivity index (χ0n) is 12.8. The molecule has 0 aliphatic carbocycles. The van der Waals surface area contributed by atoms with Gasteiger partial charge in [0, 0.05) is 19.1 Å². The summed E-state index contributed by atoms with van der Waals surface area (Å²) >= 11 is 0. The van der Waals surface area contributed by atoms with Crippen molar-refractivity contribution in [3.63, 3.8) is 0 Å². The van der Waals surface area contributed by atoms with E-state index in [1.54, 1.807) is 18.2 Å². The number of piperidine rings is 1. The Labute approximate surface area is 134 Å². The Morgan fingerprint density at radius 3 is 2.70 bits per heavy atom. The molecule has 0 bridgehead atoms. The van der Waals surface area contributed by atoms with Crippen molar-refractivity contribution < 1.29 is 19.4 Å². The molecule has 2 rings (SSSR count). The Balaban J connectivity index is 1.95. The minimum atomic E-state index is -0.884. The first-order valence-corrected chi connectivity index (χ1v) is 7.43. The Morgan fingerprint density at radius 1 is 1.43 bits per heavy atom. The number of hydrogen-bond donors (Lipinski definition) is 3. The normalized spacial score (nSPS) is 15.0. The first-order chi connectivity index (χ1) is 11.0. The van der Waals surface area contributed by atoms with Gasteiger partial charge in [-0.25, -0.2) is 9.59 Å². The second-order valence-corrected chi connectivity index (χ2v) is 5.38. The maximum Gasteiger partial charge on any atom is 0.407 e. The lowest BCUT2D eigenvalue weighted by Crippen LogP contribution is -2.41. The second kappa shape index (κ2) is 7.53. The van der Waals surface area contributed by atoms with E-state index in [4.69, 9.17) is 15.6 Å². The van der Waals surface area contributed by atoms with Crippen molar-refractivity contribution in [1.29, 1.82) is 0 Å². The lowest BCUT2D eigenvalue weighted by Gasteiger charge is -2.31. The zero-order chi connectivity index (χ0) is 16.8. The average molecular weight is 319 g/mol. The van der Waals surface area contributed by atoms with Crippen LogP contribution in [0.4, 0.5) is 16.2 Å². The van der Waals surface area contributed by atoms with Gasteiger partial charge in [0.2, 0.25) is 0 Å². The third-order valence-electron chi connectivity index (χ3n) is 3.74. The molecule has 124 valence electrons. The number of amides is 1. The number of esters is 1. The van der Waals surface area contributed by atoms with E-state index in [9.17, 15) is 9.59 Å². The molecule has 7 nitrogen and oxygen atoms in total. The van der Waals surface area contributed by atoms with Crippen LogP contribution in [0.25, 0.3) is 0 Å². The molecule has 0 saturated carbocycles. The minimum absolute atomic E-state index is 0.154. The van der Waals surface area contributed by atoms with Crippen LogP contribution >= 0.6 is 0 Å². The van der Waals surface area contributed by atoms with Crippen molar-refractivity contribution in [3.05, 3.63) is 36.4 Å². The summed E-state index contributed by atoms with van der Waals surface area (Å²) < 4.78 is 4.96. The van der Waals surface area contributed by atoms with Gasteiger partial charge in [-0.05, 0) is 31.0 Å². The van der Waals surface area contributed by atoms with Gasteiger partial charge in [-0.1, -0.05) is 12.7 Å². The average Bonchev–Trinajstić information content (AvgIpc) is 2.55. The number of carbonyl (C=O) groups excluding carboxylic acids is 1. The van der Waals surface area contributed by atoms with Crippen LogP contribution in [0.2, 0.25) is 0 Å². The number of benzene rings is 1. The van der Waals surface area contributed by atoms with Crippen LogP contribution in [0.5, 0.6) is 0 Å². The topological polar surface area (TPSA) is 105 Å².